The topological polar surface area (TPSA) is 73.3 Å². The first-order chi connectivity index (χ1) is 14.6. The fourth-order valence-electron chi connectivity index (χ4n) is 3.27. The molecule has 2 rings (SSSR count). The lowest BCUT2D eigenvalue weighted by Crippen LogP contribution is -2.39. The van der Waals surface area contributed by atoms with E-state index in [4.69, 9.17) is 18.9 Å². The van der Waals surface area contributed by atoms with E-state index in [1.54, 1.807) is 35.5 Å². The Morgan fingerprint density at radius 2 is 1.40 bits per heavy atom. The van der Waals surface area contributed by atoms with Crippen molar-refractivity contribution in [1.29, 1.82) is 0 Å². The SMILES string of the molecule is CN=C(NCCc1cc(C)ccc1OC)NCCc1c(OC)cc(OC)cc1OC. The summed E-state index contributed by atoms with van der Waals surface area (Å²) in [5, 5.41) is 6.69. The van der Waals surface area contributed by atoms with E-state index in [9.17, 15) is 0 Å². The van der Waals surface area contributed by atoms with Crippen molar-refractivity contribution in [3.8, 4) is 23.0 Å². The second-order valence-corrected chi connectivity index (χ2v) is 6.75. The molecular weight excluding hydrogens is 382 g/mol. The molecule has 0 unspecified atom stereocenters. The van der Waals surface area contributed by atoms with E-state index in [0.717, 1.165) is 41.7 Å². The van der Waals surface area contributed by atoms with E-state index in [0.29, 0.717) is 18.7 Å². The minimum atomic E-state index is 0.673. The third-order valence-corrected chi connectivity index (χ3v) is 4.83. The van der Waals surface area contributed by atoms with Crippen molar-refractivity contribution in [3.63, 3.8) is 0 Å². The Hall–Kier alpha value is -3.09. The molecule has 0 aliphatic heterocycles. The Balaban J connectivity index is 1.92. The number of benzene rings is 2. The van der Waals surface area contributed by atoms with E-state index in [1.807, 2.05) is 18.2 Å². The fourth-order valence-corrected chi connectivity index (χ4v) is 3.27. The molecule has 0 aliphatic rings. The largest absolute Gasteiger partial charge is 0.496 e. The monoisotopic (exact) mass is 415 g/mol. The van der Waals surface area contributed by atoms with Gasteiger partial charge in [0.05, 0.1) is 28.4 Å². The number of aliphatic imine (C=N–C) groups is 1. The van der Waals surface area contributed by atoms with Crippen LogP contribution >= 0.6 is 0 Å². The molecule has 0 radical (unpaired) electrons. The van der Waals surface area contributed by atoms with Gasteiger partial charge < -0.3 is 29.6 Å². The van der Waals surface area contributed by atoms with Gasteiger partial charge in [0.15, 0.2) is 5.96 Å². The first kappa shape index (κ1) is 23.2. The normalized spacial score (nSPS) is 11.1. The quantitative estimate of drug-likeness (QED) is 0.459. The minimum absolute atomic E-state index is 0.673. The van der Waals surface area contributed by atoms with Crippen molar-refractivity contribution < 1.29 is 18.9 Å². The van der Waals surface area contributed by atoms with Crippen LogP contribution in [0.4, 0.5) is 0 Å². The number of nitrogens with zero attached hydrogens (tertiary/aromatic N) is 1. The van der Waals surface area contributed by atoms with E-state index in [1.165, 1.54) is 11.1 Å². The summed E-state index contributed by atoms with van der Waals surface area (Å²) in [5.74, 6) is 3.83. The molecule has 164 valence electrons. The molecule has 7 heteroatoms. The Bertz CT molecular complexity index is 827. The number of nitrogens with one attached hydrogen (secondary N) is 2. The highest BCUT2D eigenvalue weighted by Gasteiger charge is 2.13. The molecule has 0 spiro atoms. The van der Waals surface area contributed by atoms with Gasteiger partial charge in [-0.15, -0.1) is 0 Å². The van der Waals surface area contributed by atoms with Crippen LogP contribution in [-0.4, -0.2) is 54.5 Å². The fraction of sp³-hybridized carbons (Fsp3) is 0.435. The first-order valence-electron chi connectivity index (χ1n) is 9.93. The van der Waals surface area contributed by atoms with Gasteiger partial charge >= 0.3 is 0 Å². The van der Waals surface area contributed by atoms with Crippen molar-refractivity contribution in [3.05, 3.63) is 47.0 Å². The lowest BCUT2D eigenvalue weighted by atomic mass is 10.1. The minimum Gasteiger partial charge on any atom is -0.496 e. The highest BCUT2D eigenvalue weighted by Crippen LogP contribution is 2.34. The zero-order valence-corrected chi connectivity index (χ0v) is 18.8. The Morgan fingerprint density at radius 3 is 1.93 bits per heavy atom. The second kappa shape index (κ2) is 11.8. The van der Waals surface area contributed by atoms with Crippen molar-refractivity contribution >= 4 is 5.96 Å². The van der Waals surface area contributed by atoms with Crippen molar-refractivity contribution in [2.24, 2.45) is 4.99 Å². The smallest absolute Gasteiger partial charge is 0.190 e. The Morgan fingerprint density at radius 1 is 0.800 bits per heavy atom. The van der Waals surface area contributed by atoms with Gasteiger partial charge in [-0.1, -0.05) is 17.7 Å². The molecule has 30 heavy (non-hydrogen) atoms. The van der Waals surface area contributed by atoms with Crippen LogP contribution < -0.4 is 29.6 Å². The van der Waals surface area contributed by atoms with Crippen LogP contribution in [0, 0.1) is 6.92 Å². The molecule has 2 N–H and O–H groups in total. The zero-order chi connectivity index (χ0) is 21.9. The summed E-state index contributed by atoms with van der Waals surface area (Å²) >= 11 is 0. The number of aryl methyl sites for hydroxylation is 1. The van der Waals surface area contributed by atoms with Gasteiger partial charge in [0.25, 0.3) is 0 Å². The van der Waals surface area contributed by atoms with Crippen LogP contribution in [0.5, 0.6) is 23.0 Å². The van der Waals surface area contributed by atoms with E-state index < -0.39 is 0 Å². The number of rotatable bonds is 10. The second-order valence-electron chi connectivity index (χ2n) is 6.75. The molecule has 7 nitrogen and oxygen atoms in total. The van der Waals surface area contributed by atoms with Crippen molar-refractivity contribution in [2.75, 3.05) is 48.6 Å². The number of hydrogen-bond donors (Lipinski definition) is 2. The van der Waals surface area contributed by atoms with Crippen LogP contribution in [-0.2, 0) is 12.8 Å². The van der Waals surface area contributed by atoms with Gasteiger partial charge in [-0.05, 0) is 31.4 Å². The van der Waals surface area contributed by atoms with E-state index in [2.05, 4.69) is 34.7 Å². The molecule has 0 fully saturated rings. The van der Waals surface area contributed by atoms with Crippen molar-refractivity contribution in [1.82, 2.24) is 10.6 Å². The summed E-state index contributed by atoms with van der Waals surface area (Å²) in [4.78, 5) is 4.30. The van der Waals surface area contributed by atoms with Gasteiger partial charge in [-0.3, -0.25) is 4.99 Å². The average molecular weight is 416 g/mol. The van der Waals surface area contributed by atoms with Gasteiger partial charge in [-0.25, -0.2) is 0 Å². The lowest BCUT2D eigenvalue weighted by molar-refractivity contribution is 0.368. The maximum absolute atomic E-state index is 5.51. The van der Waals surface area contributed by atoms with Gasteiger partial charge in [0.2, 0.25) is 0 Å². The maximum Gasteiger partial charge on any atom is 0.190 e. The van der Waals surface area contributed by atoms with E-state index in [-0.39, 0.29) is 0 Å². The van der Waals surface area contributed by atoms with Crippen LogP contribution in [0.25, 0.3) is 0 Å². The van der Waals surface area contributed by atoms with Crippen molar-refractivity contribution in [2.45, 2.75) is 19.8 Å². The molecule has 0 saturated carbocycles. The summed E-state index contributed by atoms with van der Waals surface area (Å²) in [6.45, 7) is 3.50. The number of hydrogen-bond acceptors (Lipinski definition) is 5. The Labute approximate surface area is 179 Å². The molecule has 0 aromatic heterocycles. The molecule has 0 saturated heterocycles. The number of guanidine groups is 1. The van der Waals surface area contributed by atoms with Crippen LogP contribution in [0.2, 0.25) is 0 Å². The van der Waals surface area contributed by atoms with Crippen LogP contribution in [0.3, 0.4) is 0 Å². The van der Waals surface area contributed by atoms with Gasteiger partial charge in [0.1, 0.15) is 23.0 Å². The molecule has 0 heterocycles. The van der Waals surface area contributed by atoms with Gasteiger partial charge in [-0.2, -0.15) is 0 Å². The highest BCUT2D eigenvalue weighted by atomic mass is 16.5. The summed E-state index contributed by atoms with van der Waals surface area (Å²) in [6.07, 6.45) is 1.55. The number of methoxy groups -OCH3 is 4. The van der Waals surface area contributed by atoms with Crippen LogP contribution in [0.15, 0.2) is 35.3 Å². The average Bonchev–Trinajstić information content (AvgIpc) is 2.77. The third-order valence-electron chi connectivity index (χ3n) is 4.83. The molecule has 0 bridgehead atoms. The molecule has 2 aromatic rings. The standard InChI is InChI=1S/C23H33N3O4/c1-16-7-8-20(28-4)17(13-16)9-11-25-23(24-2)26-12-10-19-21(29-5)14-18(27-3)15-22(19)30-6/h7-8,13-15H,9-12H2,1-6H3,(H2,24,25,26). The molecular formula is C23H33N3O4. The molecule has 2 aromatic carbocycles. The third kappa shape index (κ3) is 6.20. The summed E-state index contributed by atoms with van der Waals surface area (Å²) < 4.78 is 21.8. The maximum atomic E-state index is 5.51. The summed E-state index contributed by atoms with van der Waals surface area (Å²) in [7, 11) is 8.37. The zero-order valence-electron chi connectivity index (χ0n) is 18.8. The lowest BCUT2D eigenvalue weighted by Gasteiger charge is -2.17. The first-order valence-corrected chi connectivity index (χ1v) is 9.93. The Kier molecular flexibility index (Phi) is 9.12. The summed E-state index contributed by atoms with van der Waals surface area (Å²) in [5.41, 5.74) is 3.37. The highest BCUT2D eigenvalue weighted by molar-refractivity contribution is 5.79. The number of ether oxygens (including phenoxy) is 4. The van der Waals surface area contributed by atoms with E-state index >= 15 is 0 Å². The van der Waals surface area contributed by atoms with Gasteiger partial charge in [0, 0.05) is 37.8 Å². The summed E-state index contributed by atoms with van der Waals surface area (Å²) in [6, 6.07) is 9.94. The predicted octanol–water partition coefficient (Wildman–Crippen LogP) is 2.98. The molecule has 0 aliphatic carbocycles. The molecule has 0 amide bonds. The molecule has 0 atom stereocenters. The predicted molar refractivity (Wildman–Crippen MR) is 121 cm³/mol. The van der Waals surface area contributed by atoms with Crippen LogP contribution in [0.1, 0.15) is 16.7 Å².